The number of carboxylic acid groups (broad SMARTS) is 2. The van der Waals surface area contributed by atoms with Gasteiger partial charge in [0.1, 0.15) is 0 Å². The van der Waals surface area contributed by atoms with Gasteiger partial charge in [-0.3, -0.25) is 0 Å². The van der Waals surface area contributed by atoms with Gasteiger partial charge in [-0.05, 0) is 38.5 Å². The average molecular weight is 274 g/mol. The average Bonchev–Trinajstić information content (AvgIpc) is 2.18. The molecular formula is C10H18CaO6. The van der Waals surface area contributed by atoms with Crippen LogP contribution in [-0.4, -0.2) is 73.1 Å². The van der Waals surface area contributed by atoms with Crippen molar-refractivity contribution in [2.45, 2.75) is 38.5 Å². The number of carboxylic acids is 2. The predicted octanol–water partition coefficient (Wildman–Crippen LogP) is -2.58. The molecule has 0 amide bonds. The molecule has 0 aromatic rings. The molecule has 0 fully saturated rings. The van der Waals surface area contributed by atoms with Gasteiger partial charge in [-0.2, -0.15) is 0 Å². The Morgan fingerprint density at radius 1 is 0.765 bits per heavy atom. The minimum Gasteiger partial charge on any atom is -0.550 e. The molecule has 0 spiro atoms. The minimum atomic E-state index is -1.04. The minimum absolute atomic E-state index is 0. The van der Waals surface area contributed by atoms with Gasteiger partial charge in [0, 0.05) is 25.2 Å². The van der Waals surface area contributed by atoms with Crippen LogP contribution in [0.25, 0.3) is 0 Å². The summed E-state index contributed by atoms with van der Waals surface area (Å²) in [5.41, 5.74) is 0. The summed E-state index contributed by atoms with van der Waals surface area (Å²) < 4.78 is 0. The zero-order chi connectivity index (χ0) is 12.8. The van der Waals surface area contributed by atoms with Crippen LogP contribution in [0.15, 0.2) is 0 Å². The molecule has 0 aliphatic rings. The molecule has 0 aliphatic carbocycles. The maximum absolute atomic E-state index is 9.68. The normalized spacial score (nSPS) is 8.59. The smallest absolute Gasteiger partial charge is 0.550 e. The van der Waals surface area contributed by atoms with Crippen LogP contribution in [-0.2, 0) is 9.59 Å². The zero-order valence-electron chi connectivity index (χ0n) is 9.89. The molecule has 0 bridgehead atoms. The first-order valence-corrected chi connectivity index (χ1v) is 5.16. The quantitative estimate of drug-likeness (QED) is 0.370. The van der Waals surface area contributed by atoms with Crippen molar-refractivity contribution in [1.29, 1.82) is 0 Å². The first-order valence-electron chi connectivity index (χ1n) is 5.16. The van der Waals surface area contributed by atoms with Gasteiger partial charge in [-0.1, -0.05) is 0 Å². The Kier molecular flexibility index (Phi) is 24.3. The molecule has 0 atom stereocenters. The van der Waals surface area contributed by atoms with Crippen molar-refractivity contribution in [3.8, 4) is 0 Å². The first kappa shape index (κ1) is 22.3. The fourth-order valence-electron chi connectivity index (χ4n) is 0.762. The van der Waals surface area contributed by atoms with Gasteiger partial charge in [-0.15, -0.1) is 0 Å². The number of carbonyl (C=O) groups excluding carboxylic acids is 2. The summed E-state index contributed by atoms with van der Waals surface area (Å²) in [4.78, 5) is 19.4. The van der Waals surface area contributed by atoms with Gasteiger partial charge in [0.15, 0.2) is 0 Å². The molecule has 17 heavy (non-hydrogen) atoms. The van der Waals surface area contributed by atoms with Crippen LogP contribution in [0.4, 0.5) is 0 Å². The third kappa shape index (κ3) is 31.4. The van der Waals surface area contributed by atoms with E-state index in [2.05, 4.69) is 0 Å². The Morgan fingerprint density at radius 3 is 1.24 bits per heavy atom. The molecule has 2 N–H and O–H groups in total. The van der Waals surface area contributed by atoms with Crippen molar-refractivity contribution in [3.05, 3.63) is 0 Å². The third-order valence-corrected chi connectivity index (χ3v) is 1.58. The van der Waals surface area contributed by atoms with E-state index in [0.29, 0.717) is 25.7 Å². The van der Waals surface area contributed by atoms with E-state index in [-0.39, 0.29) is 63.8 Å². The molecule has 6 nitrogen and oxygen atoms in total. The SMILES string of the molecule is O=C([O-])CCCCO.O=C([O-])CCCCO.[Ca+2]. The number of aliphatic hydroxyl groups excluding tert-OH is 2. The van der Waals surface area contributed by atoms with E-state index >= 15 is 0 Å². The van der Waals surface area contributed by atoms with Crippen molar-refractivity contribution < 1.29 is 30.0 Å². The van der Waals surface area contributed by atoms with Crippen molar-refractivity contribution in [3.63, 3.8) is 0 Å². The molecule has 7 heteroatoms. The Labute approximate surface area is 131 Å². The summed E-state index contributed by atoms with van der Waals surface area (Å²) in [5, 5.41) is 35.7. The Bertz CT molecular complexity index is 166. The summed E-state index contributed by atoms with van der Waals surface area (Å²) in [7, 11) is 0. The van der Waals surface area contributed by atoms with Crippen LogP contribution < -0.4 is 10.2 Å². The molecule has 96 valence electrons. The second kappa shape index (κ2) is 18.5. The van der Waals surface area contributed by atoms with E-state index in [1.807, 2.05) is 0 Å². The first-order chi connectivity index (χ1) is 7.54. The predicted molar refractivity (Wildman–Crippen MR) is 57.6 cm³/mol. The van der Waals surface area contributed by atoms with Crippen molar-refractivity contribution in [2.75, 3.05) is 13.2 Å². The monoisotopic (exact) mass is 274 g/mol. The molecule has 0 aliphatic heterocycles. The molecule has 0 heterocycles. The topological polar surface area (TPSA) is 121 Å². The van der Waals surface area contributed by atoms with Gasteiger partial charge in [-0.25, -0.2) is 0 Å². The summed E-state index contributed by atoms with van der Waals surface area (Å²) >= 11 is 0. The number of aliphatic hydroxyl groups is 2. The summed E-state index contributed by atoms with van der Waals surface area (Å²) in [6.07, 6.45) is 2.24. The van der Waals surface area contributed by atoms with E-state index < -0.39 is 11.9 Å². The number of rotatable bonds is 8. The van der Waals surface area contributed by atoms with E-state index in [1.54, 1.807) is 0 Å². The Hall–Kier alpha value is 0.120. The van der Waals surface area contributed by atoms with Gasteiger partial charge < -0.3 is 30.0 Å². The van der Waals surface area contributed by atoms with Crippen LogP contribution in [0.2, 0.25) is 0 Å². The fraction of sp³-hybridized carbons (Fsp3) is 0.800. The van der Waals surface area contributed by atoms with E-state index in [9.17, 15) is 19.8 Å². The molecular weight excluding hydrogens is 256 g/mol. The largest absolute Gasteiger partial charge is 2.00 e. The van der Waals surface area contributed by atoms with E-state index in [0.717, 1.165) is 0 Å². The molecule has 0 saturated carbocycles. The number of aliphatic carboxylic acids is 2. The second-order valence-electron chi connectivity index (χ2n) is 3.11. The molecule has 0 saturated heterocycles. The standard InChI is InChI=1S/2C5H10O3.Ca/c2*6-4-2-1-3-5(7)8;/h2*6H,1-4H2,(H,7,8);/q;;+2/p-2. The van der Waals surface area contributed by atoms with Crippen LogP contribution in [0, 0.1) is 0 Å². The second-order valence-corrected chi connectivity index (χ2v) is 3.11. The maximum Gasteiger partial charge on any atom is 2.00 e. The van der Waals surface area contributed by atoms with Crippen molar-refractivity contribution >= 4 is 49.7 Å². The van der Waals surface area contributed by atoms with Gasteiger partial charge in [0.2, 0.25) is 0 Å². The summed E-state index contributed by atoms with van der Waals surface area (Å²) in [6.45, 7) is 0.126. The van der Waals surface area contributed by atoms with Crippen molar-refractivity contribution in [1.82, 2.24) is 0 Å². The molecule has 0 rings (SSSR count). The number of hydrogen-bond donors (Lipinski definition) is 2. The molecule has 0 radical (unpaired) electrons. The number of hydrogen-bond acceptors (Lipinski definition) is 6. The van der Waals surface area contributed by atoms with Crippen LogP contribution in [0.3, 0.4) is 0 Å². The fourth-order valence-corrected chi connectivity index (χ4v) is 0.762. The summed E-state index contributed by atoms with van der Waals surface area (Å²) in [6, 6.07) is 0. The maximum atomic E-state index is 9.68. The van der Waals surface area contributed by atoms with Crippen LogP contribution in [0.5, 0.6) is 0 Å². The summed E-state index contributed by atoms with van der Waals surface area (Å²) in [5.74, 6) is -2.09. The van der Waals surface area contributed by atoms with Crippen LogP contribution in [0.1, 0.15) is 38.5 Å². The Balaban J connectivity index is -0.000000218. The van der Waals surface area contributed by atoms with Gasteiger partial charge in [0.05, 0.1) is 0 Å². The number of carbonyl (C=O) groups is 2. The third-order valence-electron chi connectivity index (χ3n) is 1.58. The van der Waals surface area contributed by atoms with E-state index in [4.69, 9.17) is 10.2 Å². The van der Waals surface area contributed by atoms with Gasteiger partial charge in [0.25, 0.3) is 0 Å². The van der Waals surface area contributed by atoms with Gasteiger partial charge >= 0.3 is 37.7 Å². The molecule has 0 aromatic carbocycles. The van der Waals surface area contributed by atoms with Crippen LogP contribution >= 0.6 is 0 Å². The van der Waals surface area contributed by atoms with E-state index in [1.165, 1.54) is 0 Å². The molecule has 0 aromatic heterocycles. The zero-order valence-corrected chi connectivity index (χ0v) is 12.1. The van der Waals surface area contributed by atoms with Crippen molar-refractivity contribution in [2.24, 2.45) is 0 Å². The molecule has 0 unspecified atom stereocenters. The Morgan fingerprint density at radius 2 is 1.06 bits per heavy atom. The number of unbranched alkanes of at least 4 members (excludes halogenated alkanes) is 2.